The van der Waals surface area contributed by atoms with Gasteiger partial charge in [0.15, 0.2) is 5.96 Å². The summed E-state index contributed by atoms with van der Waals surface area (Å²) < 4.78 is 11.2. The monoisotopic (exact) mass is 510 g/mol. The summed E-state index contributed by atoms with van der Waals surface area (Å²) in [6, 6.07) is 8.22. The number of oxazole rings is 1. The number of hydrogen-bond donors (Lipinski definition) is 1. The first kappa shape index (κ1) is 23.3. The van der Waals surface area contributed by atoms with Crippen molar-refractivity contribution in [1.29, 1.82) is 0 Å². The van der Waals surface area contributed by atoms with Crippen LogP contribution in [0, 0.1) is 0 Å². The zero-order chi connectivity index (χ0) is 20.1. The Kier molecular flexibility index (Phi) is 8.13. The number of nitrogens with one attached hydrogen (secondary N) is 1. The second kappa shape index (κ2) is 10.1. The highest BCUT2D eigenvalue weighted by molar-refractivity contribution is 14.0. The van der Waals surface area contributed by atoms with Crippen LogP contribution in [0.1, 0.15) is 44.4 Å². The smallest absolute Gasteiger partial charge is 0.213 e. The van der Waals surface area contributed by atoms with Crippen LogP contribution >= 0.6 is 24.0 Å². The minimum absolute atomic E-state index is 0. The van der Waals surface area contributed by atoms with Crippen molar-refractivity contribution in [3.05, 3.63) is 53.8 Å². The van der Waals surface area contributed by atoms with Crippen LogP contribution in [-0.2, 0) is 12.0 Å². The maximum Gasteiger partial charge on any atom is 0.213 e. The molecule has 1 aliphatic rings. The number of aliphatic imine (C=N–C) groups is 1. The highest BCUT2D eigenvalue weighted by Crippen LogP contribution is 2.26. The molecule has 0 bridgehead atoms. The van der Waals surface area contributed by atoms with Crippen LogP contribution in [0.25, 0.3) is 5.57 Å². The van der Waals surface area contributed by atoms with Crippen molar-refractivity contribution in [1.82, 2.24) is 15.2 Å². The number of guanidine groups is 1. The second-order valence-electron chi connectivity index (χ2n) is 7.93. The van der Waals surface area contributed by atoms with E-state index in [0.29, 0.717) is 12.4 Å². The number of rotatable bonds is 4. The molecule has 0 fully saturated rings. The first-order chi connectivity index (χ1) is 13.4. The van der Waals surface area contributed by atoms with Gasteiger partial charge in [-0.2, -0.15) is 0 Å². The normalized spacial score (nSPS) is 14.9. The molecular formula is C22H31IN4O2. The van der Waals surface area contributed by atoms with E-state index in [4.69, 9.17) is 9.15 Å². The van der Waals surface area contributed by atoms with E-state index in [1.807, 2.05) is 18.3 Å². The van der Waals surface area contributed by atoms with Gasteiger partial charge in [-0.3, -0.25) is 4.99 Å². The van der Waals surface area contributed by atoms with E-state index in [1.165, 1.54) is 11.1 Å². The minimum atomic E-state index is -0.0406. The fourth-order valence-corrected chi connectivity index (χ4v) is 3.17. The maximum atomic E-state index is 5.86. The van der Waals surface area contributed by atoms with Crippen LogP contribution in [0.5, 0.6) is 5.75 Å². The highest BCUT2D eigenvalue weighted by atomic mass is 127. The van der Waals surface area contributed by atoms with Gasteiger partial charge < -0.3 is 19.4 Å². The third-order valence-corrected chi connectivity index (χ3v) is 4.85. The van der Waals surface area contributed by atoms with Crippen molar-refractivity contribution in [2.24, 2.45) is 4.99 Å². The third-order valence-electron chi connectivity index (χ3n) is 4.85. The number of aromatic nitrogens is 1. The molecule has 0 atom stereocenters. The SMILES string of the molecule is CN=C(NCc1ncc(C(C)(C)C)o1)N1CC=C(c2cccc(OC)c2)CC1.I. The van der Waals surface area contributed by atoms with Crippen molar-refractivity contribution in [3.63, 3.8) is 0 Å². The third kappa shape index (κ3) is 5.98. The van der Waals surface area contributed by atoms with Gasteiger partial charge in [0, 0.05) is 25.6 Å². The first-order valence-corrected chi connectivity index (χ1v) is 9.65. The van der Waals surface area contributed by atoms with Gasteiger partial charge in [-0.05, 0) is 29.7 Å². The average molecular weight is 510 g/mol. The summed E-state index contributed by atoms with van der Waals surface area (Å²) in [6.45, 7) is 8.58. The molecular weight excluding hydrogens is 479 g/mol. The van der Waals surface area contributed by atoms with Crippen LogP contribution in [0.4, 0.5) is 0 Å². The summed E-state index contributed by atoms with van der Waals surface area (Å²) in [4.78, 5) is 11.0. The largest absolute Gasteiger partial charge is 0.497 e. The molecule has 1 aromatic heterocycles. The molecule has 0 radical (unpaired) electrons. The molecule has 6 nitrogen and oxygen atoms in total. The van der Waals surface area contributed by atoms with Crippen molar-refractivity contribution in [2.45, 2.75) is 39.2 Å². The van der Waals surface area contributed by atoms with Crippen molar-refractivity contribution in [2.75, 3.05) is 27.2 Å². The summed E-state index contributed by atoms with van der Waals surface area (Å²) >= 11 is 0. The van der Waals surface area contributed by atoms with Gasteiger partial charge in [0.1, 0.15) is 11.5 Å². The van der Waals surface area contributed by atoms with Crippen molar-refractivity contribution < 1.29 is 9.15 Å². The molecule has 2 heterocycles. The van der Waals surface area contributed by atoms with E-state index in [2.05, 4.69) is 59.2 Å². The molecule has 0 saturated carbocycles. The molecule has 7 heteroatoms. The first-order valence-electron chi connectivity index (χ1n) is 9.65. The van der Waals surface area contributed by atoms with Gasteiger partial charge >= 0.3 is 0 Å². The van der Waals surface area contributed by atoms with Gasteiger partial charge in [-0.15, -0.1) is 24.0 Å². The van der Waals surface area contributed by atoms with Crippen molar-refractivity contribution in [3.8, 4) is 5.75 Å². The Morgan fingerprint density at radius 3 is 2.72 bits per heavy atom. The van der Waals surface area contributed by atoms with Crippen LogP contribution in [0.15, 0.2) is 45.9 Å². The Hall–Kier alpha value is -2.03. The lowest BCUT2D eigenvalue weighted by atomic mass is 9.94. The van der Waals surface area contributed by atoms with Crippen LogP contribution in [0.3, 0.4) is 0 Å². The number of halogens is 1. The molecule has 0 unspecified atom stereocenters. The standard InChI is InChI=1S/C22H30N4O2.HI/c1-22(2,3)19-14-24-20(28-19)15-25-21(23-4)26-11-9-16(10-12-26)17-7-6-8-18(13-17)27-5;/h6-9,13-14H,10-12,15H2,1-5H3,(H,23,25);1H. The Morgan fingerprint density at radius 1 is 1.34 bits per heavy atom. The predicted octanol–water partition coefficient (Wildman–Crippen LogP) is 4.46. The quantitative estimate of drug-likeness (QED) is 0.374. The van der Waals surface area contributed by atoms with Gasteiger partial charge in [-0.1, -0.05) is 39.0 Å². The molecule has 2 aromatic rings. The Morgan fingerprint density at radius 2 is 2.14 bits per heavy atom. The molecule has 3 rings (SSSR count). The van der Waals surface area contributed by atoms with Gasteiger partial charge in [-0.25, -0.2) is 4.98 Å². The van der Waals surface area contributed by atoms with E-state index < -0.39 is 0 Å². The number of nitrogens with zero attached hydrogens (tertiary/aromatic N) is 3. The molecule has 1 aromatic carbocycles. The van der Waals surface area contributed by atoms with Crippen molar-refractivity contribution >= 4 is 35.5 Å². The summed E-state index contributed by atoms with van der Waals surface area (Å²) in [5, 5.41) is 3.36. The molecule has 0 aliphatic carbocycles. The van der Waals surface area contributed by atoms with Crippen LogP contribution in [-0.4, -0.2) is 43.1 Å². The van der Waals surface area contributed by atoms with E-state index >= 15 is 0 Å². The molecule has 0 amide bonds. The average Bonchev–Trinajstić information content (AvgIpc) is 3.18. The predicted molar refractivity (Wildman–Crippen MR) is 128 cm³/mol. The Balaban J connectivity index is 0.00000300. The Bertz CT molecular complexity index is 868. The topological polar surface area (TPSA) is 62.9 Å². The van der Waals surface area contributed by atoms with E-state index in [1.54, 1.807) is 14.2 Å². The molecule has 1 N–H and O–H groups in total. The maximum absolute atomic E-state index is 5.86. The van der Waals surface area contributed by atoms with E-state index in [0.717, 1.165) is 37.0 Å². The van der Waals surface area contributed by atoms with Gasteiger partial charge in [0.2, 0.25) is 5.89 Å². The molecule has 1 aliphatic heterocycles. The molecule has 0 spiro atoms. The van der Waals surface area contributed by atoms with Crippen LogP contribution < -0.4 is 10.1 Å². The van der Waals surface area contributed by atoms with Crippen LogP contribution in [0.2, 0.25) is 0 Å². The summed E-state index contributed by atoms with van der Waals surface area (Å²) in [7, 11) is 3.50. The zero-order valence-electron chi connectivity index (χ0n) is 17.9. The van der Waals surface area contributed by atoms with Gasteiger partial charge in [0.25, 0.3) is 0 Å². The number of hydrogen-bond acceptors (Lipinski definition) is 4. The molecule has 158 valence electrons. The minimum Gasteiger partial charge on any atom is -0.497 e. The second-order valence-corrected chi connectivity index (χ2v) is 7.93. The lowest BCUT2D eigenvalue weighted by Crippen LogP contribution is -2.43. The zero-order valence-corrected chi connectivity index (χ0v) is 20.2. The summed E-state index contributed by atoms with van der Waals surface area (Å²) in [5.41, 5.74) is 2.52. The lowest BCUT2D eigenvalue weighted by Gasteiger charge is -2.29. The molecule has 29 heavy (non-hydrogen) atoms. The lowest BCUT2D eigenvalue weighted by molar-refractivity contribution is 0.375. The summed E-state index contributed by atoms with van der Waals surface area (Å²) in [6.07, 6.45) is 5.03. The summed E-state index contributed by atoms with van der Waals surface area (Å²) in [5.74, 6) is 3.31. The fraction of sp³-hybridized carbons (Fsp3) is 0.455. The van der Waals surface area contributed by atoms with E-state index in [-0.39, 0.29) is 29.4 Å². The molecule has 0 saturated heterocycles. The number of ether oxygens (including phenoxy) is 1. The highest BCUT2D eigenvalue weighted by Gasteiger charge is 2.20. The van der Waals surface area contributed by atoms with Gasteiger partial charge in [0.05, 0.1) is 19.9 Å². The Labute approximate surface area is 190 Å². The fourth-order valence-electron chi connectivity index (χ4n) is 3.17. The van der Waals surface area contributed by atoms with E-state index in [9.17, 15) is 0 Å². The number of benzene rings is 1. The number of methoxy groups -OCH3 is 1.